The Balaban J connectivity index is 4.53. The summed E-state index contributed by atoms with van der Waals surface area (Å²) in [6.45, 7) is 1.89. The first-order valence-electron chi connectivity index (χ1n) is 7.17. The third-order valence-corrected chi connectivity index (χ3v) is 2.11. The van der Waals surface area contributed by atoms with E-state index in [1.807, 2.05) is 0 Å². The van der Waals surface area contributed by atoms with E-state index in [0.29, 0.717) is 0 Å². The van der Waals surface area contributed by atoms with Crippen molar-refractivity contribution in [2.75, 3.05) is 41.7 Å². The summed E-state index contributed by atoms with van der Waals surface area (Å²) >= 11 is 0. The molecule has 26 heavy (non-hydrogen) atoms. The van der Waals surface area contributed by atoms with Crippen molar-refractivity contribution in [3.63, 3.8) is 0 Å². The third-order valence-electron chi connectivity index (χ3n) is 2.11. The molecular formula is C14H26O12. The van der Waals surface area contributed by atoms with Gasteiger partial charge in [0, 0.05) is 28.4 Å². The van der Waals surface area contributed by atoms with Crippen molar-refractivity contribution in [3.8, 4) is 0 Å². The highest BCUT2D eigenvalue weighted by Gasteiger charge is 2.22. The number of hydrogen-bond acceptors (Lipinski definition) is 12. The molecule has 0 aromatic heterocycles. The van der Waals surface area contributed by atoms with Crippen molar-refractivity contribution in [3.05, 3.63) is 25.3 Å². The highest BCUT2D eigenvalue weighted by atomic mass is 17.4. The molecule has 0 aromatic rings. The minimum absolute atomic E-state index is 0.0486. The Morgan fingerprint density at radius 1 is 0.538 bits per heavy atom. The van der Waals surface area contributed by atoms with Gasteiger partial charge in [-0.1, -0.05) is 12.2 Å². The first kappa shape index (κ1) is 25.0. The van der Waals surface area contributed by atoms with Crippen molar-refractivity contribution in [2.45, 2.75) is 25.9 Å². The van der Waals surface area contributed by atoms with Gasteiger partial charge in [-0.05, 0) is 0 Å². The number of methoxy groups -OCH3 is 4. The van der Waals surface area contributed by atoms with Gasteiger partial charge in [0.15, 0.2) is 0 Å². The standard InChI is InChI=1S/C14H26O12/c1-7-9-19-13(23-21-11(15-3)16-4)25-26-14(20-10-8-2)24-22-12(17-5)18-6/h7-8,11-14H,1-2,9-10H2,3-6H3. The van der Waals surface area contributed by atoms with Crippen LogP contribution in [-0.4, -0.2) is 67.6 Å². The van der Waals surface area contributed by atoms with E-state index in [1.54, 1.807) is 0 Å². The van der Waals surface area contributed by atoms with Gasteiger partial charge in [-0.3, -0.25) is 0 Å². The van der Waals surface area contributed by atoms with E-state index in [2.05, 4.69) is 13.2 Å². The van der Waals surface area contributed by atoms with Gasteiger partial charge in [0.2, 0.25) is 0 Å². The Hall–Kier alpha value is -1.00. The summed E-state index contributed by atoms with van der Waals surface area (Å²) in [5, 5.41) is 0. The van der Waals surface area contributed by atoms with Crippen LogP contribution >= 0.6 is 0 Å². The summed E-state index contributed by atoms with van der Waals surface area (Å²) in [5.74, 6) is 0. The topological polar surface area (TPSA) is 111 Å². The Kier molecular flexibility index (Phi) is 16.7. The maximum absolute atomic E-state index is 5.11. The van der Waals surface area contributed by atoms with Crippen molar-refractivity contribution in [1.82, 2.24) is 0 Å². The van der Waals surface area contributed by atoms with Gasteiger partial charge in [-0.2, -0.15) is 29.3 Å². The van der Waals surface area contributed by atoms with Crippen molar-refractivity contribution in [2.24, 2.45) is 0 Å². The summed E-state index contributed by atoms with van der Waals surface area (Å²) in [6, 6.07) is 0. The normalized spacial score (nSPS) is 13.9. The summed E-state index contributed by atoms with van der Waals surface area (Å²) in [4.78, 5) is 28.9. The van der Waals surface area contributed by atoms with Gasteiger partial charge in [-0.15, -0.1) is 13.2 Å². The van der Waals surface area contributed by atoms with Crippen LogP contribution in [0, 0.1) is 0 Å². The third kappa shape index (κ3) is 12.4. The Labute approximate surface area is 151 Å². The molecule has 2 unspecified atom stereocenters. The van der Waals surface area contributed by atoms with E-state index in [0.717, 1.165) is 0 Å². The molecule has 2 atom stereocenters. The van der Waals surface area contributed by atoms with E-state index < -0.39 is 25.9 Å². The highest BCUT2D eigenvalue weighted by Crippen LogP contribution is 2.09. The molecule has 0 heterocycles. The lowest BCUT2D eigenvalue weighted by Gasteiger charge is -2.22. The lowest BCUT2D eigenvalue weighted by atomic mass is 10.7. The van der Waals surface area contributed by atoms with Crippen LogP contribution in [-0.2, 0) is 57.7 Å². The first-order valence-corrected chi connectivity index (χ1v) is 7.17. The van der Waals surface area contributed by atoms with Crippen LogP contribution in [0.3, 0.4) is 0 Å². The average Bonchev–Trinajstić information content (AvgIpc) is 2.67. The maximum Gasteiger partial charge on any atom is 0.330 e. The quantitative estimate of drug-likeness (QED) is 0.136. The van der Waals surface area contributed by atoms with Crippen LogP contribution in [0.2, 0.25) is 0 Å². The molecule has 0 rings (SSSR count). The zero-order valence-electron chi connectivity index (χ0n) is 15.2. The van der Waals surface area contributed by atoms with Crippen molar-refractivity contribution in [1.29, 1.82) is 0 Å². The van der Waals surface area contributed by atoms with Crippen LogP contribution in [0.1, 0.15) is 0 Å². The molecule has 0 aliphatic carbocycles. The van der Waals surface area contributed by atoms with E-state index >= 15 is 0 Å². The first-order chi connectivity index (χ1) is 12.6. The summed E-state index contributed by atoms with van der Waals surface area (Å²) in [5.41, 5.74) is 0. The van der Waals surface area contributed by atoms with Gasteiger partial charge < -0.3 is 28.4 Å². The number of ether oxygens (including phenoxy) is 6. The van der Waals surface area contributed by atoms with Crippen LogP contribution in [0.4, 0.5) is 0 Å². The zero-order chi connectivity index (χ0) is 19.6. The van der Waals surface area contributed by atoms with E-state index in [-0.39, 0.29) is 13.2 Å². The number of hydrogen-bond donors (Lipinski definition) is 0. The number of rotatable bonds is 19. The second-order valence-electron chi connectivity index (χ2n) is 3.92. The minimum Gasteiger partial charge on any atom is -0.331 e. The molecule has 0 N–H and O–H groups in total. The molecule has 12 nitrogen and oxygen atoms in total. The molecular weight excluding hydrogens is 360 g/mol. The van der Waals surface area contributed by atoms with Crippen molar-refractivity contribution >= 4 is 0 Å². The van der Waals surface area contributed by atoms with Gasteiger partial charge in [0.1, 0.15) is 0 Å². The zero-order valence-corrected chi connectivity index (χ0v) is 15.2. The maximum atomic E-state index is 5.11. The van der Waals surface area contributed by atoms with Crippen molar-refractivity contribution < 1.29 is 57.7 Å². The van der Waals surface area contributed by atoms with Crippen LogP contribution in [0.5, 0.6) is 0 Å². The lowest BCUT2D eigenvalue weighted by molar-refractivity contribution is -0.611. The molecule has 0 aliphatic rings. The van der Waals surface area contributed by atoms with E-state index in [9.17, 15) is 0 Å². The molecule has 0 aromatic carbocycles. The fourth-order valence-corrected chi connectivity index (χ4v) is 1.06. The van der Waals surface area contributed by atoms with Crippen LogP contribution in [0.25, 0.3) is 0 Å². The van der Waals surface area contributed by atoms with Crippen LogP contribution < -0.4 is 0 Å². The van der Waals surface area contributed by atoms with Gasteiger partial charge in [-0.25, -0.2) is 0 Å². The summed E-state index contributed by atoms with van der Waals surface area (Å²) in [7, 11) is 5.34. The van der Waals surface area contributed by atoms with Gasteiger partial charge >= 0.3 is 25.9 Å². The molecule has 0 aliphatic heterocycles. The fraction of sp³-hybridized carbons (Fsp3) is 0.714. The second kappa shape index (κ2) is 17.4. The van der Waals surface area contributed by atoms with Crippen LogP contribution in [0.15, 0.2) is 25.3 Å². The molecule has 12 heteroatoms. The Morgan fingerprint density at radius 3 is 1.04 bits per heavy atom. The monoisotopic (exact) mass is 386 g/mol. The second-order valence-corrected chi connectivity index (χ2v) is 3.92. The predicted octanol–water partition coefficient (Wildman–Crippen LogP) is 0.956. The Morgan fingerprint density at radius 2 is 0.808 bits per heavy atom. The molecule has 0 saturated heterocycles. The lowest BCUT2D eigenvalue weighted by Crippen LogP contribution is -2.31. The predicted molar refractivity (Wildman–Crippen MR) is 82.0 cm³/mol. The summed E-state index contributed by atoms with van der Waals surface area (Å²) < 4.78 is 29.3. The van der Waals surface area contributed by atoms with Gasteiger partial charge in [0.25, 0.3) is 0 Å². The minimum atomic E-state index is -1.47. The smallest absolute Gasteiger partial charge is 0.330 e. The van der Waals surface area contributed by atoms with Gasteiger partial charge in [0.05, 0.1) is 13.2 Å². The summed E-state index contributed by atoms with van der Waals surface area (Å²) in [6.07, 6.45) is 2.88. The SMILES string of the molecule is C=CCOC(OOC(OC)OC)OOC(OCC=C)OOC(OC)OC. The molecule has 0 amide bonds. The van der Waals surface area contributed by atoms with E-state index in [1.165, 1.54) is 40.6 Å². The average molecular weight is 386 g/mol. The molecule has 0 saturated carbocycles. The highest BCUT2D eigenvalue weighted by molar-refractivity contribution is 4.63. The fourth-order valence-electron chi connectivity index (χ4n) is 1.06. The molecule has 0 radical (unpaired) electrons. The molecule has 0 fully saturated rings. The molecule has 0 bridgehead atoms. The van der Waals surface area contributed by atoms with E-state index in [4.69, 9.17) is 57.7 Å². The largest absolute Gasteiger partial charge is 0.331 e. The molecule has 0 spiro atoms. The molecule has 154 valence electrons. The Bertz CT molecular complexity index is 302.